The molecule has 1 unspecified atom stereocenters. The van der Waals surface area contributed by atoms with E-state index in [0.29, 0.717) is 10.6 Å². The first-order chi connectivity index (χ1) is 9.32. The van der Waals surface area contributed by atoms with Gasteiger partial charge < -0.3 is 14.0 Å². The Morgan fingerprint density at radius 2 is 2.20 bits per heavy atom. The number of methoxy groups -OCH3 is 1. The molecule has 0 N–H and O–H groups in total. The topological polar surface area (TPSA) is 44.8 Å². The Morgan fingerprint density at radius 3 is 2.80 bits per heavy atom. The first kappa shape index (κ1) is 15.4. The van der Waals surface area contributed by atoms with E-state index in [4.69, 9.17) is 25.6 Å². The largest absolute Gasteiger partial charge is 0.494 e. The van der Waals surface area contributed by atoms with Crippen molar-refractivity contribution in [2.75, 3.05) is 7.11 Å². The van der Waals surface area contributed by atoms with Crippen LogP contribution in [0.3, 0.4) is 0 Å². The van der Waals surface area contributed by atoms with Crippen molar-refractivity contribution in [3.05, 3.63) is 28.8 Å². The molecule has 1 aliphatic heterocycles. The second-order valence-corrected chi connectivity index (χ2v) is 6.00. The van der Waals surface area contributed by atoms with E-state index in [1.807, 2.05) is 20.8 Å². The number of hydrogen-bond acceptors (Lipinski definition) is 4. The van der Waals surface area contributed by atoms with Gasteiger partial charge in [0.15, 0.2) is 0 Å². The molecule has 108 valence electrons. The molecule has 0 spiro atoms. The molecule has 0 aromatic heterocycles. The minimum atomic E-state index is -0.505. The fourth-order valence-electron chi connectivity index (χ4n) is 2.42. The summed E-state index contributed by atoms with van der Waals surface area (Å²) in [7, 11) is 0.818. The lowest BCUT2D eigenvalue weighted by molar-refractivity contribution is -0.0229. The quantitative estimate of drug-likeness (QED) is 0.621. The monoisotopic (exact) mass is 296 g/mol. The number of benzene rings is 1. The van der Waals surface area contributed by atoms with Crippen LogP contribution in [0.25, 0.3) is 0 Å². The number of rotatable bonds is 2. The van der Waals surface area contributed by atoms with E-state index in [1.54, 1.807) is 18.2 Å². The van der Waals surface area contributed by atoms with Crippen molar-refractivity contribution in [1.82, 2.24) is 0 Å². The van der Waals surface area contributed by atoms with Gasteiger partial charge in [0.2, 0.25) is 0 Å². The van der Waals surface area contributed by atoms with Crippen LogP contribution in [0.1, 0.15) is 37.6 Å². The molecule has 4 nitrogen and oxygen atoms in total. The van der Waals surface area contributed by atoms with Gasteiger partial charge in [-0.05, 0) is 44.8 Å². The number of hydrogen-bond donors (Lipinski definition) is 0. The van der Waals surface area contributed by atoms with Crippen LogP contribution in [-0.4, -0.2) is 31.9 Å². The van der Waals surface area contributed by atoms with Crippen molar-refractivity contribution in [1.29, 1.82) is 0 Å². The highest BCUT2D eigenvalue weighted by atomic mass is 35.5. The fraction of sp³-hybridized carbons (Fsp3) is 0.500. The zero-order valence-corrected chi connectivity index (χ0v) is 12.9. The Balaban J connectivity index is 2.31. The van der Waals surface area contributed by atoms with Gasteiger partial charge in [-0.1, -0.05) is 17.7 Å². The SMILES string of the molecule is COC(=O)c1cc(B2OC(C)CC(C)(C)O2)ccc1Cl. The Kier molecular flexibility index (Phi) is 4.42. The zero-order valence-electron chi connectivity index (χ0n) is 12.1. The normalized spacial score (nSPS) is 21.6. The third kappa shape index (κ3) is 3.34. The van der Waals surface area contributed by atoms with E-state index in [2.05, 4.69) is 0 Å². The molecule has 1 saturated heterocycles. The van der Waals surface area contributed by atoms with Gasteiger partial charge in [0.1, 0.15) is 0 Å². The highest BCUT2D eigenvalue weighted by molar-refractivity contribution is 6.61. The Bertz CT molecular complexity index is 518. The summed E-state index contributed by atoms with van der Waals surface area (Å²) in [4.78, 5) is 11.7. The smallest absolute Gasteiger partial charge is 0.465 e. The molecule has 1 atom stereocenters. The lowest BCUT2D eigenvalue weighted by Crippen LogP contribution is -2.51. The molecule has 2 rings (SSSR count). The molecular formula is C14H18BClO4. The molecule has 0 bridgehead atoms. The van der Waals surface area contributed by atoms with Crippen LogP contribution in [-0.2, 0) is 14.0 Å². The van der Waals surface area contributed by atoms with Crippen LogP contribution in [0.5, 0.6) is 0 Å². The number of carbonyl (C=O) groups excluding carboxylic acids is 1. The Hall–Kier alpha value is -1.04. The molecule has 1 fully saturated rings. The molecule has 0 radical (unpaired) electrons. The van der Waals surface area contributed by atoms with Crippen LogP contribution >= 0.6 is 11.6 Å². The van der Waals surface area contributed by atoms with Gasteiger partial charge in [0.25, 0.3) is 0 Å². The first-order valence-electron chi connectivity index (χ1n) is 6.53. The first-order valence-corrected chi connectivity index (χ1v) is 6.91. The van der Waals surface area contributed by atoms with Gasteiger partial charge in [-0.25, -0.2) is 4.79 Å². The van der Waals surface area contributed by atoms with E-state index in [0.717, 1.165) is 11.9 Å². The average molecular weight is 297 g/mol. The lowest BCUT2D eigenvalue weighted by atomic mass is 9.74. The molecule has 0 saturated carbocycles. The molecule has 20 heavy (non-hydrogen) atoms. The van der Waals surface area contributed by atoms with Crippen LogP contribution in [0.15, 0.2) is 18.2 Å². The maximum Gasteiger partial charge on any atom is 0.494 e. The summed E-state index contributed by atoms with van der Waals surface area (Å²) in [5.41, 5.74) is 0.803. The van der Waals surface area contributed by atoms with Crippen LogP contribution < -0.4 is 5.46 Å². The molecule has 1 aromatic rings. The second kappa shape index (κ2) is 5.76. The van der Waals surface area contributed by atoms with E-state index < -0.39 is 13.1 Å². The highest BCUT2D eigenvalue weighted by Crippen LogP contribution is 2.26. The third-order valence-corrected chi connectivity index (χ3v) is 3.56. The van der Waals surface area contributed by atoms with Crippen molar-refractivity contribution >= 4 is 30.2 Å². The second-order valence-electron chi connectivity index (χ2n) is 5.59. The van der Waals surface area contributed by atoms with E-state index in [9.17, 15) is 4.79 Å². The van der Waals surface area contributed by atoms with Crippen molar-refractivity contribution in [2.24, 2.45) is 0 Å². The van der Waals surface area contributed by atoms with Gasteiger partial charge in [0, 0.05) is 6.10 Å². The standard InChI is InChI=1S/C14H18BClO4/c1-9-8-14(2,3)20-15(19-9)10-5-6-12(16)11(7-10)13(17)18-4/h5-7,9H,8H2,1-4H3. The van der Waals surface area contributed by atoms with Crippen LogP contribution in [0, 0.1) is 0 Å². The number of ether oxygens (including phenoxy) is 1. The predicted molar refractivity (Wildman–Crippen MR) is 78.5 cm³/mol. The van der Waals surface area contributed by atoms with Crippen molar-refractivity contribution < 1.29 is 18.8 Å². The van der Waals surface area contributed by atoms with Gasteiger partial charge in [-0.15, -0.1) is 0 Å². The van der Waals surface area contributed by atoms with Crippen molar-refractivity contribution in [3.63, 3.8) is 0 Å². The molecule has 1 heterocycles. The molecule has 0 amide bonds. The van der Waals surface area contributed by atoms with Gasteiger partial charge in [-0.3, -0.25) is 0 Å². The third-order valence-electron chi connectivity index (χ3n) is 3.23. The van der Waals surface area contributed by atoms with Crippen LogP contribution in [0.2, 0.25) is 5.02 Å². The minimum Gasteiger partial charge on any atom is -0.465 e. The molecular weight excluding hydrogens is 278 g/mol. The van der Waals surface area contributed by atoms with E-state index in [-0.39, 0.29) is 11.7 Å². The van der Waals surface area contributed by atoms with E-state index >= 15 is 0 Å². The van der Waals surface area contributed by atoms with Gasteiger partial charge >= 0.3 is 13.1 Å². The summed E-state index contributed by atoms with van der Waals surface area (Å²) in [5, 5.41) is 0.351. The predicted octanol–water partition coefficient (Wildman–Crippen LogP) is 2.43. The molecule has 1 aromatic carbocycles. The molecule has 0 aliphatic carbocycles. The van der Waals surface area contributed by atoms with Gasteiger partial charge in [-0.2, -0.15) is 0 Å². The summed E-state index contributed by atoms with van der Waals surface area (Å²) in [6.45, 7) is 6.06. The number of carbonyl (C=O) groups is 1. The van der Waals surface area contributed by atoms with E-state index in [1.165, 1.54) is 7.11 Å². The maximum absolute atomic E-state index is 11.7. The zero-order chi connectivity index (χ0) is 14.9. The highest BCUT2D eigenvalue weighted by Gasteiger charge is 2.38. The van der Waals surface area contributed by atoms with Crippen molar-refractivity contribution in [3.8, 4) is 0 Å². The summed E-state index contributed by atoms with van der Waals surface area (Å²) < 4.78 is 16.4. The summed E-state index contributed by atoms with van der Waals surface area (Å²) in [5.74, 6) is -0.472. The van der Waals surface area contributed by atoms with Crippen LogP contribution in [0.4, 0.5) is 0 Å². The Morgan fingerprint density at radius 1 is 1.50 bits per heavy atom. The molecule has 6 heteroatoms. The number of esters is 1. The molecule has 1 aliphatic rings. The minimum absolute atomic E-state index is 0.0843. The summed E-state index contributed by atoms with van der Waals surface area (Å²) >= 11 is 6.01. The van der Waals surface area contributed by atoms with Crippen molar-refractivity contribution in [2.45, 2.75) is 38.9 Å². The van der Waals surface area contributed by atoms with Gasteiger partial charge in [0.05, 0.1) is 23.3 Å². The fourth-order valence-corrected chi connectivity index (χ4v) is 2.61. The Labute approximate surface area is 124 Å². The number of halogens is 1. The average Bonchev–Trinajstić information content (AvgIpc) is 2.36. The summed E-state index contributed by atoms with van der Waals surface area (Å²) in [6, 6.07) is 5.11. The lowest BCUT2D eigenvalue weighted by Gasteiger charge is -2.38. The summed E-state index contributed by atoms with van der Waals surface area (Å²) in [6.07, 6.45) is 0.905. The maximum atomic E-state index is 11.7.